The SMILES string of the molecule is CC(C)N1CCN(CCCCCCOc2ccc(Br)c(F)c2)CC1. The molecule has 0 bridgehead atoms. The van der Waals surface area contributed by atoms with Crippen molar-refractivity contribution < 1.29 is 9.13 Å². The smallest absolute Gasteiger partial charge is 0.141 e. The number of halogens is 2. The molecule has 0 radical (unpaired) electrons. The molecule has 2 rings (SSSR count). The highest BCUT2D eigenvalue weighted by Gasteiger charge is 2.17. The standard InChI is InChI=1S/C19H30BrFN2O/c1-16(2)23-12-10-22(11-13-23)9-5-3-4-6-14-24-17-7-8-18(20)19(21)15-17/h7-8,15-16H,3-6,9-14H2,1-2H3. The number of unbranched alkanes of at least 4 members (excludes halogenated alkanes) is 3. The third kappa shape index (κ3) is 6.69. The normalized spacial score (nSPS) is 16.7. The fraction of sp³-hybridized carbons (Fsp3) is 0.684. The third-order valence-electron chi connectivity index (χ3n) is 4.67. The van der Waals surface area contributed by atoms with Crippen LogP contribution < -0.4 is 4.74 Å². The van der Waals surface area contributed by atoms with Crippen molar-refractivity contribution in [3.05, 3.63) is 28.5 Å². The van der Waals surface area contributed by atoms with Gasteiger partial charge in [-0.1, -0.05) is 12.8 Å². The van der Waals surface area contributed by atoms with Gasteiger partial charge in [0.1, 0.15) is 11.6 Å². The van der Waals surface area contributed by atoms with Crippen molar-refractivity contribution in [2.45, 2.75) is 45.6 Å². The Hall–Kier alpha value is -0.650. The summed E-state index contributed by atoms with van der Waals surface area (Å²) in [4.78, 5) is 5.14. The maximum atomic E-state index is 13.4. The minimum Gasteiger partial charge on any atom is -0.493 e. The van der Waals surface area contributed by atoms with Gasteiger partial charge < -0.3 is 9.64 Å². The average molecular weight is 401 g/mol. The number of benzene rings is 1. The number of piperazine rings is 1. The van der Waals surface area contributed by atoms with Crippen LogP contribution in [-0.4, -0.2) is 55.2 Å². The summed E-state index contributed by atoms with van der Waals surface area (Å²) >= 11 is 3.15. The molecule has 136 valence electrons. The second-order valence-electron chi connectivity index (χ2n) is 6.81. The summed E-state index contributed by atoms with van der Waals surface area (Å²) in [6.45, 7) is 11.2. The molecule has 1 saturated heterocycles. The molecule has 0 aliphatic carbocycles. The second-order valence-corrected chi connectivity index (χ2v) is 7.66. The van der Waals surface area contributed by atoms with E-state index >= 15 is 0 Å². The Balaban J connectivity index is 1.48. The lowest BCUT2D eigenvalue weighted by Crippen LogP contribution is -2.48. The van der Waals surface area contributed by atoms with E-state index in [1.807, 2.05) is 0 Å². The first-order valence-corrected chi connectivity index (χ1v) is 9.90. The van der Waals surface area contributed by atoms with E-state index in [4.69, 9.17) is 4.74 Å². The molecule has 0 amide bonds. The molecule has 3 nitrogen and oxygen atoms in total. The highest BCUT2D eigenvalue weighted by molar-refractivity contribution is 9.10. The van der Waals surface area contributed by atoms with Crippen molar-refractivity contribution in [3.63, 3.8) is 0 Å². The van der Waals surface area contributed by atoms with E-state index in [2.05, 4.69) is 39.6 Å². The Bertz CT molecular complexity index is 490. The quantitative estimate of drug-likeness (QED) is 0.565. The van der Waals surface area contributed by atoms with E-state index < -0.39 is 0 Å². The summed E-state index contributed by atoms with van der Waals surface area (Å²) in [7, 11) is 0. The molecule has 0 spiro atoms. The molecule has 1 heterocycles. The lowest BCUT2D eigenvalue weighted by molar-refractivity contribution is 0.107. The van der Waals surface area contributed by atoms with E-state index in [-0.39, 0.29) is 5.82 Å². The Labute approximate surface area is 154 Å². The van der Waals surface area contributed by atoms with Crippen LogP contribution in [0, 0.1) is 5.82 Å². The van der Waals surface area contributed by atoms with Crippen LogP contribution in [-0.2, 0) is 0 Å². The molecule has 1 aliphatic rings. The molecule has 1 aromatic carbocycles. The van der Waals surface area contributed by atoms with E-state index in [1.54, 1.807) is 12.1 Å². The van der Waals surface area contributed by atoms with Gasteiger partial charge in [-0.25, -0.2) is 4.39 Å². The van der Waals surface area contributed by atoms with Crippen molar-refractivity contribution in [2.24, 2.45) is 0 Å². The van der Waals surface area contributed by atoms with Crippen molar-refractivity contribution in [1.29, 1.82) is 0 Å². The molecule has 0 N–H and O–H groups in total. The molecule has 1 aliphatic heterocycles. The van der Waals surface area contributed by atoms with Crippen molar-refractivity contribution in [3.8, 4) is 5.75 Å². The van der Waals surface area contributed by atoms with E-state index in [1.165, 1.54) is 58.1 Å². The molecule has 5 heteroatoms. The van der Waals surface area contributed by atoms with Crippen molar-refractivity contribution >= 4 is 15.9 Å². The van der Waals surface area contributed by atoms with E-state index in [0.717, 1.165) is 6.42 Å². The monoisotopic (exact) mass is 400 g/mol. The molecule has 1 fully saturated rings. The first kappa shape index (κ1) is 19.7. The zero-order valence-corrected chi connectivity index (χ0v) is 16.5. The van der Waals surface area contributed by atoms with Gasteiger partial charge in [0, 0.05) is 38.3 Å². The van der Waals surface area contributed by atoms with Crippen LogP contribution in [0.15, 0.2) is 22.7 Å². The van der Waals surface area contributed by atoms with Gasteiger partial charge in [-0.3, -0.25) is 4.90 Å². The molecule has 1 aromatic rings. The Morgan fingerprint density at radius 1 is 1.08 bits per heavy atom. The van der Waals surface area contributed by atoms with Crippen LogP contribution in [0.4, 0.5) is 4.39 Å². The van der Waals surface area contributed by atoms with Crippen LogP contribution in [0.5, 0.6) is 5.75 Å². The van der Waals surface area contributed by atoms with Crippen LogP contribution in [0.25, 0.3) is 0 Å². The third-order valence-corrected chi connectivity index (χ3v) is 5.31. The molecule has 0 saturated carbocycles. The van der Waals surface area contributed by atoms with Gasteiger partial charge in [0.2, 0.25) is 0 Å². The first-order valence-electron chi connectivity index (χ1n) is 9.10. The molecule has 24 heavy (non-hydrogen) atoms. The van der Waals surface area contributed by atoms with Crippen LogP contribution in [0.1, 0.15) is 39.5 Å². The summed E-state index contributed by atoms with van der Waals surface area (Å²) in [6, 6.07) is 5.58. The number of hydrogen-bond acceptors (Lipinski definition) is 3. The van der Waals surface area contributed by atoms with Crippen molar-refractivity contribution in [1.82, 2.24) is 9.80 Å². The second kappa shape index (κ2) is 10.4. The van der Waals surface area contributed by atoms with Gasteiger partial charge >= 0.3 is 0 Å². The van der Waals surface area contributed by atoms with Gasteiger partial charge in [-0.2, -0.15) is 0 Å². The van der Waals surface area contributed by atoms with Crippen LogP contribution in [0.3, 0.4) is 0 Å². The predicted octanol–water partition coefficient (Wildman–Crippen LogP) is 4.55. The highest BCUT2D eigenvalue weighted by atomic mass is 79.9. The summed E-state index contributed by atoms with van der Waals surface area (Å²) in [5.74, 6) is 0.337. The maximum absolute atomic E-state index is 13.4. The fourth-order valence-corrected chi connectivity index (χ4v) is 3.30. The number of hydrogen-bond donors (Lipinski definition) is 0. The van der Waals surface area contributed by atoms with E-state index in [9.17, 15) is 4.39 Å². The highest BCUT2D eigenvalue weighted by Crippen LogP contribution is 2.21. The van der Waals surface area contributed by atoms with Crippen LogP contribution >= 0.6 is 15.9 Å². The summed E-state index contributed by atoms with van der Waals surface area (Å²) in [5, 5.41) is 0. The minimum absolute atomic E-state index is 0.273. The number of rotatable bonds is 9. The fourth-order valence-electron chi connectivity index (χ4n) is 3.05. The largest absolute Gasteiger partial charge is 0.493 e. The zero-order valence-electron chi connectivity index (χ0n) is 14.9. The summed E-state index contributed by atoms with van der Waals surface area (Å²) < 4.78 is 19.4. The topological polar surface area (TPSA) is 15.7 Å². The molecular formula is C19H30BrFN2O. The van der Waals surface area contributed by atoms with Gasteiger partial charge in [0.15, 0.2) is 0 Å². The maximum Gasteiger partial charge on any atom is 0.141 e. The van der Waals surface area contributed by atoms with Gasteiger partial charge in [0.05, 0.1) is 11.1 Å². The Morgan fingerprint density at radius 2 is 1.79 bits per heavy atom. The van der Waals surface area contributed by atoms with Gasteiger partial charge in [0.25, 0.3) is 0 Å². The Morgan fingerprint density at radius 3 is 2.46 bits per heavy atom. The van der Waals surface area contributed by atoms with Crippen LogP contribution in [0.2, 0.25) is 0 Å². The number of ether oxygens (including phenoxy) is 1. The Kier molecular flexibility index (Phi) is 8.50. The lowest BCUT2D eigenvalue weighted by atomic mass is 10.2. The zero-order chi connectivity index (χ0) is 17.4. The van der Waals surface area contributed by atoms with Crippen molar-refractivity contribution in [2.75, 3.05) is 39.3 Å². The molecule has 0 atom stereocenters. The molecular weight excluding hydrogens is 371 g/mol. The molecule has 0 aromatic heterocycles. The number of nitrogens with zero attached hydrogens (tertiary/aromatic N) is 2. The predicted molar refractivity (Wildman–Crippen MR) is 101 cm³/mol. The lowest BCUT2D eigenvalue weighted by Gasteiger charge is -2.36. The van der Waals surface area contributed by atoms with Gasteiger partial charge in [-0.05, 0) is 61.3 Å². The molecule has 0 unspecified atom stereocenters. The summed E-state index contributed by atoms with van der Waals surface area (Å²) in [5.41, 5.74) is 0. The van der Waals surface area contributed by atoms with E-state index in [0.29, 0.717) is 22.9 Å². The average Bonchev–Trinajstić information content (AvgIpc) is 2.57. The first-order chi connectivity index (χ1) is 11.6. The van der Waals surface area contributed by atoms with Gasteiger partial charge in [-0.15, -0.1) is 0 Å². The minimum atomic E-state index is -0.273. The summed E-state index contributed by atoms with van der Waals surface area (Å²) in [6.07, 6.45) is 4.70.